The van der Waals surface area contributed by atoms with Crippen LogP contribution in [0.3, 0.4) is 0 Å². The molecule has 2 aromatic carbocycles. The number of benzene rings is 2. The van der Waals surface area contributed by atoms with Crippen LogP contribution in [0.25, 0.3) is 11.0 Å². The maximum Gasteiger partial charge on any atom is 0.264 e. The zero-order valence-electron chi connectivity index (χ0n) is 13.3. The highest BCUT2D eigenvalue weighted by Crippen LogP contribution is 2.21. The second-order valence-electron chi connectivity index (χ2n) is 5.64. The molecule has 6 heteroatoms. The monoisotopic (exact) mass is 329 g/mol. The fourth-order valence-corrected chi connectivity index (χ4v) is 3.37. The lowest BCUT2D eigenvalue weighted by atomic mass is 10.1. The van der Waals surface area contributed by atoms with Crippen molar-refractivity contribution in [2.75, 3.05) is 4.72 Å². The highest BCUT2D eigenvalue weighted by Gasteiger charge is 2.16. The molecule has 5 nitrogen and oxygen atoms in total. The van der Waals surface area contributed by atoms with Gasteiger partial charge in [-0.1, -0.05) is 19.1 Å². The van der Waals surface area contributed by atoms with Gasteiger partial charge in [0.2, 0.25) is 5.95 Å². The van der Waals surface area contributed by atoms with Crippen LogP contribution in [0.15, 0.2) is 41.3 Å². The molecule has 3 rings (SSSR count). The van der Waals surface area contributed by atoms with E-state index in [2.05, 4.69) is 14.7 Å². The molecule has 0 aliphatic rings. The van der Waals surface area contributed by atoms with Crippen molar-refractivity contribution in [3.8, 4) is 0 Å². The van der Waals surface area contributed by atoms with Crippen LogP contribution in [-0.2, 0) is 16.4 Å². The molecule has 120 valence electrons. The Bertz CT molecular complexity index is 918. The Labute approximate surface area is 135 Å². The van der Waals surface area contributed by atoms with E-state index in [1.165, 1.54) is 0 Å². The summed E-state index contributed by atoms with van der Waals surface area (Å²) in [7, 11) is -3.65. The number of rotatable bonds is 4. The molecule has 0 bridgehead atoms. The Morgan fingerprint density at radius 1 is 1.09 bits per heavy atom. The first kappa shape index (κ1) is 15.6. The lowest BCUT2D eigenvalue weighted by Gasteiger charge is -2.05. The molecule has 0 fully saturated rings. The molecule has 0 saturated carbocycles. The van der Waals surface area contributed by atoms with Crippen LogP contribution < -0.4 is 4.72 Å². The maximum atomic E-state index is 12.4. The quantitative estimate of drug-likeness (QED) is 0.769. The van der Waals surface area contributed by atoms with Gasteiger partial charge in [0.05, 0.1) is 15.9 Å². The zero-order valence-corrected chi connectivity index (χ0v) is 14.2. The van der Waals surface area contributed by atoms with Crippen molar-refractivity contribution in [1.82, 2.24) is 9.97 Å². The van der Waals surface area contributed by atoms with E-state index in [-0.39, 0.29) is 10.8 Å². The molecule has 0 aliphatic carbocycles. The number of aromatic amines is 1. The van der Waals surface area contributed by atoms with Crippen molar-refractivity contribution in [1.29, 1.82) is 0 Å². The second-order valence-corrected chi connectivity index (χ2v) is 7.32. The maximum absolute atomic E-state index is 12.4. The van der Waals surface area contributed by atoms with Crippen LogP contribution in [0.4, 0.5) is 5.95 Å². The fourth-order valence-electron chi connectivity index (χ4n) is 2.41. The van der Waals surface area contributed by atoms with Gasteiger partial charge in [-0.3, -0.25) is 0 Å². The number of aromatic nitrogens is 2. The minimum absolute atomic E-state index is 0.225. The lowest BCUT2D eigenvalue weighted by molar-refractivity contribution is 0.601. The topological polar surface area (TPSA) is 74.8 Å². The molecule has 1 aromatic heterocycles. The molecule has 0 amide bonds. The lowest BCUT2D eigenvalue weighted by Crippen LogP contribution is -2.13. The van der Waals surface area contributed by atoms with Gasteiger partial charge >= 0.3 is 0 Å². The van der Waals surface area contributed by atoms with E-state index in [0.717, 1.165) is 34.1 Å². The van der Waals surface area contributed by atoms with Gasteiger partial charge in [-0.05, 0) is 61.2 Å². The third-order valence-electron chi connectivity index (χ3n) is 3.97. The van der Waals surface area contributed by atoms with Crippen molar-refractivity contribution in [3.63, 3.8) is 0 Å². The van der Waals surface area contributed by atoms with E-state index in [4.69, 9.17) is 0 Å². The average molecular weight is 329 g/mol. The Kier molecular flexibility index (Phi) is 3.85. The largest absolute Gasteiger partial charge is 0.323 e. The van der Waals surface area contributed by atoms with Crippen LogP contribution in [0.5, 0.6) is 0 Å². The summed E-state index contributed by atoms with van der Waals surface area (Å²) in [6.45, 7) is 6.04. The predicted octanol–water partition coefficient (Wildman–Crippen LogP) is 3.54. The normalized spacial score (nSPS) is 11.8. The average Bonchev–Trinajstić information content (AvgIpc) is 2.88. The van der Waals surface area contributed by atoms with Crippen molar-refractivity contribution in [3.05, 3.63) is 53.1 Å². The Morgan fingerprint density at radius 3 is 2.39 bits per heavy atom. The highest BCUT2D eigenvalue weighted by atomic mass is 32.2. The summed E-state index contributed by atoms with van der Waals surface area (Å²) >= 11 is 0. The summed E-state index contributed by atoms with van der Waals surface area (Å²) in [5.41, 5.74) is 4.90. The van der Waals surface area contributed by atoms with E-state index in [9.17, 15) is 8.42 Å². The van der Waals surface area contributed by atoms with Gasteiger partial charge in [0.25, 0.3) is 10.0 Å². The van der Waals surface area contributed by atoms with E-state index >= 15 is 0 Å². The molecule has 0 atom stereocenters. The van der Waals surface area contributed by atoms with E-state index in [1.807, 2.05) is 45.0 Å². The summed E-state index contributed by atoms with van der Waals surface area (Å²) in [4.78, 5) is 7.55. The summed E-state index contributed by atoms with van der Waals surface area (Å²) in [5, 5.41) is 0. The number of sulfonamides is 1. The van der Waals surface area contributed by atoms with Gasteiger partial charge < -0.3 is 4.98 Å². The van der Waals surface area contributed by atoms with Gasteiger partial charge in [0.15, 0.2) is 0 Å². The molecule has 23 heavy (non-hydrogen) atoms. The number of fused-ring (bicyclic) bond motifs is 1. The van der Waals surface area contributed by atoms with Crippen molar-refractivity contribution in [2.24, 2.45) is 0 Å². The van der Waals surface area contributed by atoms with Crippen molar-refractivity contribution < 1.29 is 8.42 Å². The minimum Gasteiger partial charge on any atom is -0.323 e. The number of hydrogen-bond acceptors (Lipinski definition) is 3. The first-order valence-corrected chi connectivity index (χ1v) is 8.96. The molecule has 0 spiro atoms. The van der Waals surface area contributed by atoms with Gasteiger partial charge in [-0.2, -0.15) is 0 Å². The van der Waals surface area contributed by atoms with Crippen LogP contribution in [0.2, 0.25) is 0 Å². The van der Waals surface area contributed by atoms with Gasteiger partial charge in [-0.15, -0.1) is 0 Å². The standard InChI is InChI=1S/C17H19N3O2S/c1-4-13-5-7-14(8-6-13)23(21,22)20-17-18-15-9-11(2)12(3)10-16(15)19-17/h5-10H,4H2,1-3H3,(H2,18,19,20). The van der Waals surface area contributed by atoms with Crippen LogP contribution in [0.1, 0.15) is 23.6 Å². The first-order valence-electron chi connectivity index (χ1n) is 7.48. The molecule has 0 aliphatic heterocycles. The molecular formula is C17H19N3O2S. The third kappa shape index (κ3) is 3.07. The Balaban J connectivity index is 1.93. The summed E-state index contributed by atoms with van der Waals surface area (Å²) in [6.07, 6.45) is 0.871. The van der Waals surface area contributed by atoms with Crippen LogP contribution >= 0.6 is 0 Å². The summed E-state index contributed by atoms with van der Waals surface area (Å²) < 4.78 is 27.4. The minimum atomic E-state index is -3.65. The van der Waals surface area contributed by atoms with E-state index in [0.29, 0.717) is 0 Å². The molecular weight excluding hydrogens is 310 g/mol. The van der Waals surface area contributed by atoms with Gasteiger partial charge in [0, 0.05) is 0 Å². The SMILES string of the molecule is CCc1ccc(S(=O)(=O)Nc2nc3cc(C)c(C)cc3[nH]2)cc1. The van der Waals surface area contributed by atoms with Crippen molar-refractivity contribution >= 4 is 27.0 Å². The summed E-state index contributed by atoms with van der Waals surface area (Å²) in [6, 6.07) is 10.8. The number of aryl methyl sites for hydroxylation is 3. The molecule has 3 aromatic rings. The smallest absolute Gasteiger partial charge is 0.264 e. The first-order chi connectivity index (χ1) is 10.9. The number of H-pyrrole nitrogens is 1. The van der Waals surface area contributed by atoms with Gasteiger partial charge in [0.1, 0.15) is 0 Å². The predicted molar refractivity (Wildman–Crippen MR) is 92.2 cm³/mol. The number of imidazole rings is 1. The Morgan fingerprint density at radius 2 is 1.74 bits per heavy atom. The van der Waals surface area contributed by atoms with E-state index in [1.54, 1.807) is 12.1 Å². The summed E-state index contributed by atoms with van der Waals surface area (Å²) in [5.74, 6) is 0.226. The molecule has 2 N–H and O–H groups in total. The number of anilines is 1. The molecule has 0 radical (unpaired) electrons. The molecule has 1 heterocycles. The third-order valence-corrected chi connectivity index (χ3v) is 5.33. The molecule has 0 saturated heterocycles. The zero-order chi connectivity index (χ0) is 16.6. The Hall–Kier alpha value is -2.34. The highest BCUT2D eigenvalue weighted by molar-refractivity contribution is 7.92. The number of nitrogens with zero attached hydrogens (tertiary/aromatic N) is 1. The van der Waals surface area contributed by atoms with Gasteiger partial charge in [-0.25, -0.2) is 18.1 Å². The fraction of sp³-hybridized carbons (Fsp3) is 0.235. The van der Waals surface area contributed by atoms with E-state index < -0.39 is 10.0 Å². The van der Waals surface area contributed by atoms with Crippen LogP contribution in [0, 0.1) is 13.8 Å². The second kappa shape index (κ2) is 5.70. The number of nitrogens with one attached hydrogen (secondary N) is 2. The van der Waals surface area contributed by atoms with Crippen molar-refractivity contribution in [2.45, 2.75) is 32.1 Å². The van der Waals surface area contributed by atoms with Crippen LogP contribution in [-0.4, -0.2) is 18.4 Å². The molecule has 0 unspecified atom stereocenters. The number of hydrogen-bond donors (Lipinski definition) is 2.